The Balaban J connectivity index is 1.38. The minimum Gasteiger partial charge on any atom is -0.494 e. The largest absolute Gasteiger partial charge is 0.494 e. The highest BCUT2D eigenvalue weighted by Gasteiger charge is 2.26. The first-order chi connectivity index (χ1) is 14.8. The van der Waals surface area contributed by atoms with Crippen molar-refractivity contribution in [1.82, 2.24) is 0 Å². The van der Waals surface area contributed by atoms with Gasteiger partial charge in [-0.3, -0.25) is 0 Å². The fraction of sp³-hybridized carbons (Fsp3) is 0.655. The summed E-state index contributed by atoms with van der Waals surface area (Å²) in [6.45, 7) is 5.44. The van der Waals surface area contributed by atoms with Crippen LogP contribution >= 0.6 is 0 Å². The van der Waals surface area contributed by atoms with Crippen LogP contribution in [0.15, 0.2) is 42.5 Å². The van der Waals surface area contributed by atoms with E-state index in [1.807, 2.05) is 0 Å². The average Bonchev–Trinajstić information content (AvgIpc) is 2.80. The molecule has 0 N–H and O–H groups in total. The van der Waals surface area contributed by atoms with E-state index in [1.165, 1.54) is 94.6 Å². The van der Waals surface area contributed by atoms with Gasteiger partial charge in [-0.2, -0.15) is 0 Å². The number of rotatable bonds is 12. The van der Waals surface area contributed by atoms with Crippen molar-refractivity contribution in [1.29, 1.82) is 0 Å². The quantitative estimate of drug-likeness (QED) is 0.313. The number of unbranched alkanes of at least 4 members (excludes halogenated alkanes) is 5. The van der Waals surface area contributed by atoms with Crippen LogP contribution in [0.25, 0.3) is 5.57 Å². The predicted molar refractivity (Wildman–Crippen MR) is 131 cm³/mol. The molecule has 3 rings (SSSR count). The summed E-state index contributed by atoms with van der Waals surface area (Å²) in [5.74, 6) is 3.68. The maximum Gasteiger partial charge on any atom is 0.119 e. The van der Waals surface area contributed by atoms with E-state index >= 15 is 0 Å². The highest BCUT2D eigenvalue weighted by atomic mass is 16.5. The van der Waals surface area contributed by atoms with Crippen LogP contribution in [0.3, 0.4) is 0 Å². The summed E-state index contributed by atoms with van der Waals surface area (Å²) in [7, 11) is 0. The Morgan fingerprint density at radius 3 is 2.23 bits per heavy atom. The smallest absolute Gasteiger partial charge is 0.119 e. The summed E-state index contributed by atoms with van der Waals surface area (Å²) >= 11 is 0. The zero-order valence-electron chi connectivity index (χ0n) is 19.6. The van der Waals surface area contributed by atoms with E-state index in [-0.39, 0.29) is 0 Å². The van der Waals surface area contributed by atoms with Crippen molar-refractivity contribution in [3.8, 4) is 5.75 Å². The third-order valence-corrected chi connectivity index (χ3v) is 7.28. The summed E-state index contributed by atoms with van der Waals surface area (Å²) in [6.07, 6.45) is 25.0. The number of ether oxygens (including phenoxy) is 1. The molecule has 2 aliphatic rings. The molecular weight excluding hydrogens is 364 g/mol. The van der Waals surface area contributed by atoms with Gasteiger partial charge in [0.25, 0.3) is 0 Å². The lowest BCUT2D eigenvalue weighted by atomic mass is 9.72. The Morgan fingerprint density at radius 2 is 1.57 bits per heavy atom. The van der Waals surface area contributed by atoms with Crippen LogP contribution in [0.5, 0.6) is 5.75 Å². The Hall–Kier alpha value is -1.50. The summed E-state index contributed by atoms with van der Waals surface area (Å²) < 4.78 is 5.94. The van der Waals surface area contributed by atoms with Gasteiger partial charge in [0.05, 0.1) is 6.61 Å². The van der Waals surface area contributed by atoms with Gasteiger partial charge in [0.15, 0.2) is 0 Å². The molecule has 1 heteroatoms. The average molecular weight is 409 g/mol. The molecule has 0 amide bonds. The Kier molecular flexibility index (Phi) is 10.1. The molecule has 0 bridgehead atoms. The second-order valence-corrected chi connectivity index (χ2v) is 9.63. The molecule has 1 nitrogen and oxygen atoms in total. The van der Waals surface area contributed by atoms with Gasteiger partial charge in [0, 0.05) is 0 Å². The summed E-state index contributed by atoms with van der Waals surface area (Å²) in [4.78, 5) is 0. The van der Waals surface area contributed by atoms with Gasteiger partial charge in [-0.15, -0.1) is 0 Å². The Morgan fingerprint density at radius 1 is 0.833 bits per heavy atom. The minimum absolute atomic E-state index is 0.760. The van der Waals surface area contributed by atoms with E-state index in [1.54, 1.807) is 0 Å². The molecular formula is C29H44O. The first-order valence-electron chi connectivity index (χ1n) is 12.9. The second-order valence-electron chi connectivity index (χ2n) is 9.63. The highest BCUT2D eigenvalue weighted by molar-refractivity contribution is 5.75. The number of allylic oxidation sites excluding steroid dienone is 4. The SMILES string of the molecule is CCCCCCCCOc1ccc(C2=CCC(C3CCC(CCC)CC3)C=C2)cc1. The fourth-order valence-corrected chi connectivity index (χ4v) is 5.33. The molecule has 1 saturated carbocycles. The van der Waals surface area contributed by atoms with Crippen LogP contribution in [-0.2, 0) is 0 Å². The Bertz CT molecular complexity index is 645. The maximum atomic E-state index is 5.94. The summed E-state index contributed by atoms with van der Waals surface area (Å²) in [6, 6.07) is 8.73. The van der Waals surface area contributed by atoms with Crippen molar-refractivity contribution in [3.63, 3.8) is 0 Å². The monoisotopic (exact) mass is 408 g/mol. The number of benzene rings is 1. The molecule has 0 spiro atoms. The Labute approximate surface area is 186 Å². The van der Waals surface area contributed by atoms with E-state index < -0.39 is 0 Å². The molecule has 166 valence electrons. The lowest BCUT2D eigenvalue weighted by molar-refractivity contribution is 0.221. The first-order valence-corrected chi connectivity index (χ1v) is 12.9. The third-order valence-electron chi connectivity index (χ3n) is 7.28. The molecule has 30 heavy (non-hydrogen) atoms. The molecule has 1 atom stereocenters. The van der Waals surface area contributed by atoms with Crippen LogP contribution in [0.2, 0.25) is 0 Å². The van der Waals surface area contributed by atoms with Crippen molar-refractivity contribution in [2.45, 2.75) is 97.3 Å². The van der Waals surface area contributed by atoms with Crippen LogP contribution in [0.1, 0.15) is 103 Å². The summed E-state index contributed by atoms with van der Waals surface area (Å²) in [5.41, 5.74) is 2.71. The normalized spacial score (nSPS) is 23.9. The molecule has 1 aromatic carbocycles. The van der Waals surface area contributed by atoms with Crippen molar-refractivity contribution in [2.75, 3.05) is 6.61 Å². The number of hydrogen-bond acceptors (Lipinski definition) is 1. The fourth-order valence-electron chi connectivity index (χ4n) is 5.33. The first kappa shape index (κ1) is 23.2. The molecule has 0 heterocycles. The van der Waals surface area contributed by atoms with Crippen molar-refractivity contribution in [2.24, 2.45) is 17.8 Å². The third kappa shape index (κ3) is 7.33. The molecule has 1 aromatic rings. The lowest BCUT2D eigenvalue weighted by Crippen LogP contribution is -2.21. The van der Waals surface area contributed by atoms with Gasteiger partial charge in [0.2, 0.25) is 0 Å². The maximum absolute atomic E-state index is 5.94. The molecule has 0 aromatic heterocycles. The van der Waals surface area contributed by atoms with E-state index in [0.717, 1.165) is 30.1 Å². The van der Waals surface area contributed by atoms with E-state index in [0.29, 0.717) is 0 Å². The molecule has 2 aliphatic carbocycles. The van der Waals surface area contributed by atoms with Crippen LogP contribution in [0, 0.1) is 17.8 Å². The van der Waals surface area contributed by atoms with E-state index in [4.69, 9.17) is 4.74 Å². The summed E-state index contributed by atoms with van der Waals surface area (Å²) in [5, 5.41) is 0. The highest BCUT2D eigenvalue weighted by Crippen LogP contribution is 2.39. The van der Waals surface area contributed by atoms with Crippen molar-refractivity contribution >= 4 is 5.57 Å². The standard InChI is InChI=1S/C29H44O/c1-3-5-6-7-8-9-23-30-29-21-19-28(20-22-29)27-17-15-26(16-18-27)25-13-11-24(10-4-2)12-14-25/h15,17-22,24-26H,3-14,16,23H2,1-2H3. The van der Waals surface area contributed by atoms with Gasteiger partial charge < -0.3 is 4.74 Å². The molecule has 1 unspecified atom stereocenters. The molecule has 0 radical (unpaired) electrons. The lowest BCUT2D eigenvalue weighted by Gasteiger charge is -2.33. The molecule has 0 aliphatic heterocycles. The second kappa shape index (κ2) is 13.0. The van der Waals surface area contributed by atoms with Gasteiger partial charge in [0.1, 0.15) is 5.75 Å². The molecule has 0 saturated heterocycles. The van der Waals surface area contributed by atoms with Crippen LogP contribution in [0.4, 0.5) is 0 Å². The predicted octanol–water partition coefficient (Wildman–Crippen LogP) is 8.99. The van der Waals surface area contributed by atoms with E-state index in [9.17, 15) is 0 Å². The number of hydrogen-bond donors (Lipinski definition) is 0. The van der Waals surface area contributed by atoms with Crippen LogP contribution in [-0.4, -0.2) is 6.61 Å². The molecule has 1 fully saturated rings. The van der Waals surface area contributed by atoms with Gasteiger partial charge >= 0.3 is 0 Å². The van der Waals surface area contributed by atoms with E-state index in [2.05, 4.69) is 56.3 Å². The zero-order valence-corrected chi connectivity index (χ0v) is 19.6. The van der Waals surface area contributed by atoms with Gasteiger partial charge in [-0.25, -0.2) is 0 Å². The van der Waals surface area contributed by atoms with Gasteiger partial charge in [-0.05, 0) is 66.7 Å². The zero-order chi connectivity index (χ0) is 21.0. The van der Waals surface area contributed by atoms with Gasteiger partial charge in [-0.1, -0.05) is 102 Å². The van der Waals surface area contributed by atoms with Crippen molar-refractivity contribution < 1.29 is 4.74 Å². The van der Waals surface area contributed by atoms with Crippen molar-refractivity contribution in [3.05, 3.63) is 48.1 Å². The topological polar surface area (TPSA) is 9.23 Å². The van der Waals surface area contributed by atoms with Crippen LogP contribution < -0.4 is 4.74 Å². The minimum atomic E-state index is 0.760.